The third-order valence-electron chi connectivity index (χ3n) is 4.14. The van der Waals surface area contributed by atoms with Gasteiger partial charge in [0.1, 0.15) is 0 Å². The Morgan fingerprint density at radius 2 is 1.50 bits per heavy atom. The van der Waals surface area contributed by atoms with Crippen molar-refractivity contribution < 1.29 is 9.53 Å². The lowest BCUT2D eigenvalue weighted by Gasteiger charge is -2.12. The van der Waals surface area contributed by atoms with E-state index >= 15 is 0 Å². The van der Waals surface area contributed by atoms with Crippen LogP contribution in [-0.2, 0) is 4.74 Å². The van der Waals surface area contributed by atoms with Crippen molar-refractivity contribution in [1.29, 1.82) is 0 Å². The van der Waals surface area contributed by atoms with Gasteiger partial charge >= 0.3 is 5.97 Å². The Hall–Kier alpha value is -2.09. The van der Waals surface area contributed by atoms with Crippen molar-refractivity contribution in [1.82, 2.24) is 0 Å². The van der Waals surface area contributed by atoms with Gasteiger partial charge in [0.2, 0.25) is 0 Å². The zero-order chi connectivity index (χ0) is 15.8. The van der Waals surface area contributed by atoms with Gasteiger partial charge in [0.25, 0.3) is 0 Å². The number of ether oxygens (including phenoxy) is 1. The van der Waals surface area contributed by atoms with E-state index in [1.54, 1.807) is 0 Å². The second-order valence-electron chi connectivity index (χ2n) is 5.55. The zero-order valence-corrected chi connectivity index (χ0v) is 13.4. The molecule has 0 saturated carbocycles. The van der Waals surface area contributed by atoms with Crippen LogP contribution in [-0.4, -0.2) is 12.6 Å². The van der Waals surface area contributed by atoms with Crippen molar-refractivity contribution >= 4 is 5.97 Å². The van der Waals surface area contributed by atoms with Crippen molar-refractivity contribution in [2.24, 2.45) is 5.92 Å². The van der Waals surface area contributed by atoms with E-state index in [4.69, 9.17) is 4.74 Å². The Labute approximate surface area is 133 Å². The molecule has 22 heavy (non-hydrogen) atoms. The maximum atomic E-state index is 12.0. The molecule has 2 rings (SSSR count). The van der Waals surface area contributed by atoms with E-state index in [1.165, 1.54) is 0 Å². The summed E-state index contributed by atoms with van der Waals surface area (Å²) in [6, 6.07) is 17.7. The molecule has 0 aliphatic carbocycles. The van der Waals surface area contributed by atoms with E-state index in [0.29, 0.717) is 18.1 Å². The van der Waals surface area contributed by atoms with Crippen LogP contribution in [0.15, 0.2) is 54.6 Å². The summed E-state index contributed by atoms with van der Waals surface area (Å²) in [5.41, 5.74) is 2.87. The van der Waals surface area contributed by atoms with Crippen LogP contribution in [0.1, 0.15) is 43.5 Å². The van der Waals surface area contributed by atoms with Gasteiger partial charge in [0, 0.05) is 0 Å². The highest BCUT2D eigenvalue weighted by molar-refractivity contribution is 5.90. The summed E-state index contributed by atoms with van der Waals surface area (Å²) in [7, 11) is 0. The van der Waals surface area contributed by atoms with E-state index in [9.17, 15) is 4.79 Å². The van der Waals surface area contributed by atoms with Crippen molar-refractivity contribution in [3.63, 3.8) is 0 Å². The molecule has 0 aliphatic rings. The van der Waals surface area contributed by atoms with Gasteiger partial charge in [0.05, 0.1) is 12.2 Å². The third-order valence-corrected chi connectivity index (χ3v) is 4.14. The Morgan fingerprint density at radius 1 is 0.909 bits per heavy atom. The van der Waals surface area contributed by atoms with Crippen molar-refractivity contribution in [3.8, 4) is 11.1 Å². The summed E-state index contributed by atoms with van der Waals surface area (Å²) < 4.78 is 5.37. The molecular weight excluding hydrogens is 272 g/mol. The highest BCUT2D eigenvalue weighted by Gasteiger charge is 2.09. The van der Waals surface area contributed by atoms with Crippen LogP contribution in [0.25, 0.3) is 11.1 Å². The number of carbonyl (C=O) groups is 1. The molecule has 116 valence electrons. The minimum atomic E-state index is -0.231. The first kappa shape index (κ1) is 16.3. The lowest BCUT2D eigenvalue weighted by Crippen LogP contribution is -2.09. The molecule has 0 aromatic heterocycles. The van der Waals surface area contributed by atoms with Gasteiger partial charge in [-0.05, 0) is 35.6 Å². The Balaban J connectivity index is 1.91. The van der Waals surface area contributed by atoms with Crippen LogP contribution in [0.3, 0.4) is 0 Å². The molecule has 2 aromatic rings. The molecule has 0 spiro atoms. The van der Waals surface area contributed by atoms with Crippen LogP contribution in [0.4, 0.5) is 0 Å². The first-order valence-electron chi connectivity index (χ1n) is 8.07. The van der Waals surface area contributed by atoms with Gasteiger partial charge in [0.15, 0.2) is 0 Å². The van der Waals surface area contributed by atoms with Crippen molar-refractivity contribution in [2.75, 3.05) is 6.61 Å². The lowest BCUT2D eigenvalue weighted by atomic mass is 10.0. The highest BCUT2D eigenvalue weighted by atomic mass is 16.5. The van der Waals surface area contributed by atoms with Crippen LogP contribution < -0.4 is 0 Å². The molecule has 0 aliphatic heterocycles. The molecule has 0 unspecified atom stereocenters. The third kappa shape index (κ3) is 4.45. The number of hydrogen-bond donors (Lipinski definition) is 0. The largest absolute Gasteiger partial charge is 0.462 e. The van der Waals surface area contributed by atoms with E-state index < -0.39 is 0 Å². The minimum absolute atomic E-state index is 0.231. The Kier molecular flexibility index (Phi) is 6.20. The molecule has 2 nitrogen and oxygen atoms in total. The summed E-state index contributed by atoms with van der Waals surface area (Å²) in [6.07, 6.45) is 3.22. The number of benzene rings is 2. The molecule has 2 aromatic carbocycles. The number of hydrogen-bond acceptors (Lipinski definition) is 2. The fourth-order valence-corrected chi connectivity index (χ4v) is 2.53. The van der Waals surface area contributed by atoms with E-state index in [2.05, 4.69) is 26.0 Å². The van der Waals surface area contributed by atoms with Gasteiger partial charge in [-0.1, -0.05) is 69.2 Å². The summed E-state index contributed by atoms with van der Waals surface area (Å²) in [5.74, 6) is 0.416. The van der Waals surface area contributed by atoms with Crippen LogP contribution in [0, 0.1) is 5.92 Å². The van der Waals surface area contributed by atoms with Gasteiger partial charge in [-0.2, -0.15) is 0 Å². The SMILES string of the molecule is CCC(CC)CCOC(=O)c1ccc(-c2ccccc2)cc1. The average Bonchev–Trinajstić information content (AvgIpc) is 2.59. The smallest absolute Gasteiger partial charge is 0.338 e. The summed E-state index contributed by atoms with van der Waals surface area (Å²) >= 11 is 0. The monoisotopic (exact) mass is 296 g/mol. The molecule has 0 amide bonds. The normalized spacial score (nSPS) is 10.7. The van der Waals surface area contributed by atoms with Crippen LogP contribution in [0.5, 0.6) is 0 Å². The molecule has 0 saturated heterocycles. The maximum absolute atomic E-state index is 12.0. The summed E-state index contributed by atoms with van der Waals surface area (Å²) in [6.45, 7) is 4.86. The van der Waals surface area contributed by atoms with Gasteiger partial charge in [-0.25, -0.2) is 4.79 Å². The summed E-state index contributed by atoms with van der Waals surface area (Å²) in [4.78, 5) is 12.0. The molecule has 0 bridgehead atoms. The van der Waals surface area contributed by atoms with Gasteiger partial charge in [-0.3, -0.25) is 0 Å². The quantitative estimate of drug-likeness (QED) is 0.645. The molecule has 0 atom stereocenters. The first-order chi connectivity index (χ1) is 10.7. The topological polar surface area (TPSA) is 26.3 Å². The van der Waals surface area contributed by atoms with E-state index in [-0.39, 0.29) is 5.97 Å². The van der Waals surface area contributed by atoms with E-state index in [0.717, 1.165) is 30.4 Å². The molecule has 0 N–H and O–H groups in total. The van der Waals surface area contributed by atoms with Crippen molar-refractivity contribution in [2.45, 2.75) is 33.1 Å². The fourth-order valence-electron chi connectivity index (χ4n) is 2.53. The zero-order valence-electron chi connectivity index (χ0n) is 13.4. The molecule has 0 fully saturated rings. The average molecular weight is 296 g/mol. The van der Waals surface area contributed by atoms with E-state index in [1.807, 2.05) is 42.5 Å². The number of rotatable bonds is 7. The predicted octanol–water partition coefficient (Wildman–Crippen LogP) is 5.34. The number of carbonyl (C=O) groups excluding carboxylic acids is 1. The number of esters is 1. The highest BCUT2D eigenvalue weighted by Crippen LogP contribution is 2.19. The molecule has 0 radical (unpaired) electrons. The Morgan fingerprint density at radius 3 is 2.09 bits per heavy atom. The van der Waals surface area contributed by atoms with Crippen molar-refractivity contribution in [3.05, 3.63) is 60.2 Å². The van der Waals surface area contributed by atoms with Gasteiger partial charge in [-0.15, -0.1) is 0 Å². The van der Waals surface area contributed by atoms with Crippen LogP contribution in [0.2, 0.25) is 0 Å². The lowest BCUT2D eigenvalue weighted by molar-refractivity contribution is 0.0481. The standard InChI is InChI=1S/C20H24O2/c1-3-16(4-2)14-15-22-20(21)19-12-10-18(11-13-19)17-8-6-5-7-9-17/h5-13,16H,3-4,14-15H2,1-2H3. The Bertz CT molecular complexity index is 568. The first-order valence-corrected chi connectivity index (χ1v) is 8.07. The van der Waals surface area contributed by atoms with Gasteiger partial charge < -0.3 is 4.74 Å². The second-order valence-corrected chi connectivity index (χ2v) is 5.55. The molecular formula is C20H24O2. The van der Waals surface area contributed by atoms with Crippen LogP contribution >= 0.6 is 0 Å². The summed E-state index contributed by atoms with van der Waals surface area (Å²) in [5, 5.41) is 0. The molecule has 2 heteroatoms. The minimum Gasteiger partial charge on any atom is -0.462 e. The maximum Gasteiger partial charge on any atom is 0.338 e. The molecule has 0 heterocycles. The predicted molar refractivity (Wildman–Crippen MR) is 90.8 cm³/mol. The second kappa shape index (κ2) is 8.38. The fraction of sp³-hybridized carbons (Fsp3) is 0.350.